The summed E-state index contributed by atoms with van der Waals surface area (Å²) in [5.41, 5.74) is 6.36. The Balaban J connectivity index is 2.37. The van der Waals surface area contributed by atoms with E-state index in [0.29, 0.717) is 30.2 Å². The minimum Gasteiger partial charge on any atom is -0.352 e. The van der Waals surface area contributed by atoms with Crippen LogP contribution in [0.4, 0.5) is 4.79 Å². The van der Waals surface area contributed by atoms with E-state index in [4.69, 9.17) is 22.6 Å². The minimum absolute atomic E-state index is 0.462. The number of carbonyl (C=O) groups is 1. The maximum absolute atomic E-state index is 10.4. The summed E-state index contributed by atoms with van der Waals surface area (Å²) in [6, 6.07) is 6.62. The number of carbonyl (C=O) groups excluding carboxylic acids is 1. The second kappa shape index (κ2) is 6.74. The number of amides is 2. The largest absolute Gasteiger partial charge is 0.352 e. The lowest BCUT2D eigenvalue weighted by Crippen LogP contribution is -2.35. The molecule has 1 rings (SSSR count). The molecule has 17 heavy (non-hydrogen) atoms. The van der Waals surface area contributed by atoms with Crippen LogP contribution >= 0.6 is 11.6 Å². The summed E-state index contributed by atoms with van der Waals surface area (Å²) in [7, 11) is 0. The zero-order chi connectivity index (χ0) is 12.7. The number of primary amides is 1. The number of benzene rings is 1. The predicted octanol–water partition coefficient (Wildman–Crippen LogP) is 0.970. The zero-order valence-corrected chi connectivity index (χ0v) is 9.92. The average molecular weight is 253 g/mol. The quantitative estimate of drug-likeness (QED) is 0.682. The predicted molar refractivity (Wildman–Crippen MR) is 65.5 cm³/mol. The number of hydrogen-bond donors (Lipinski definition) is 3. The van der Waals surface area contributed by atoms with Gasteiger partial charge in [0.2, 0.25) is 0 Å². The van der Waals surface area contributed by atoms with Crippen LogP contribution in [0.1, 0.15) is 11.1 Å². The van der Waals surface area contributed by atoms with Crippen molar-refractivity contribution in [2.24, 2.45) is 5.73 Å². The monoisotopic (exact) mass is 252 g/mol. The first-order valence-electron chi connectivity index (χ1n) is 5.06. The first-order valence-corrected chi connectivity index (χ1v) is 5.44. The van der Waals surface area contributed by atoms with Gasteiger partial charge >= 0.3 is 6.03 Å². The van der Waals surface area contributed by atoms with Crippen LogP contribution in [0.15, 0.2) is 18.2 Å². The van der Waals surface area contributed by atoms with Crippen LogP contribution in [0.2, 0.25) is 5.02 Å². The van der Waals surface area contributed by atoms with Gasteiger partial charge in [-0.05, 0) is 17.7 Å². The number of urea groups is 1. The molecule has 0 saturated heterocycles. The van der Waals surface area contributed by atoms with E-state index in [0.717, 1.165) is 5.56 Å². The van der Waals surface area contributed by atoms with E-state index in [1.807, 2.05) is 6.07 Å². The fourth-order valence-electron chi connectivity index (χ4n) is 1.26. The van der Waals surface area contributed by atoms with E-state index in [1.54, 1.807) is 18.2 Å². The summed E-state index contributed by atoms with van der Waals surface area (Å²) in [6.45, 7) is 1.63. The Morgan fingerprint density at radius 1 is 1.47 bits per heavy atom. The third-order valence-corrected chi connectivity index (χ3v) is 2.45. The fourth-order valence-corrected chi connectivity index (χ4v) is 1.50. The molecule has 0 fully saturated rings. The van der Waals surface area contributed by atoms with E-state index in [1.165, 1.54) is 0 Å². The number of nitriles is 1. The molecule has 1 aromatic carbocycles. The van der Waals surface area contributed by atoms with E-state index < -0.39 is 6.03 Å². The Bertz CT molecular complexity index is 442. The smallest absolute Gasteiger partial charge is 0.312 e. The second-order valence-electron chi connectivity index (χ2n) is 3.39. The van der Waals surface area contributed by atoms with Crippen molar-refractivity contribution in [2.45, 2.75) is 6.54 Å². The van der Waals surface area contributed by atoms with Gasteiger partial charge in [-0.15, -0.1) is 0 Å². The van der Waals surface area contributed by atoms with Crippen molar-refractivity contribution in [3.63, 3.8) is 0 Å². The Labute approximate surface area is 105 Å². The highest BCUT2D eigenvalue weighted by Crippen LogP contribution is 2.17. The van der Waals surface area contributed by atoms with Crippen molar-refractivity contribution in [3.05, 3.63) is 34.3 Å². The van der Waals surface area contributed by atoms with Crippen LogP contribution in [-0.2, 0) is 6.54 Å². The molecule has 0 saturated carbocycles. The first kappa shape index (κ1) is 13.3. The van der Waals surface area contributed by atoms with Gasteiger partial charge in [0, 0.05) is 24.7 Å². The van der Waals surface area contributed by atoms with Crippen LogP contribution in [0.5, 0.6) is 0 Å². The number of nitrogens with two attached hydrogens (primary N) is 1. The van der Waals surface area contributed by atoms with Crippen LogP contribution < -0.4 is 16.4 Å². The maximum Gasteiger partial charge on any atom is 0.312 e. The Morgan fingerprint density at radius 3 is 2.82 bits per heavy atom. The van der Waals surface area contributed by atoms with Gasteiger partial charge in [0.15, 0.2) is 0 Å². The summed E-state index contributed by atoms with van der Waals surface area (Å²) < 4.78 is 0. The normalized spacial score (nSPS) is 9.65. The van der Waals surface area contributed by atoms with Crippen molar-refractivity contribution in [3.8, 4) is 6.07 Å². The molecule has 0 unspecified atom stereocenters. The lowest BCUT2D eigenvalue weighted by atomic mass is 10.1. The Hall–Kier alpha value is -1.77. The highest BCUT2D eigenvalue weighted by molar-refractivity contribution is 6.31. The standard InChI is InChI=1S/C11H13ClN4O/c12-10-5-8(6-13)1-2-9(10)7-15-3-4-16-11(14)17/h1-2,5,15H,3-4,7H2,(H3,14,16,17). The van der Waals surface area contributed by atoms with Crippen molar-refractivity contribution >= 4 is 17.6 Å². The molecule has 0 aliphatic carbocycles. The molecule has 5 nitrogen and oxygen atoms in total. The van der Waals surface area contributed by atoms with Crippen LogP contribution in [0.25, 0.3) is 0 Å². The topological polar surface area (TPSA) is 90.9 Å². The highest BCUT2D eigenvalue weighted by Gasteiger charge is 2.01. The molecule has 6 heteroatoms. The third-order valence-electron chi connectivity index (χ3n) is 2.10. The van der Waals surface area contributed by atoms with Gasteiger partial charge in [-0.3, -0.25) is 0 Å². The molecule has 90 valence electrons. The summed E-state index contributed by atoms with van der Waals surface area (Å²) in [5, 5.41) is 14.8. The fraction of sp³-hybridized carbons (Fsp3) is 0.273. The molecular formula is C11H13ClN4O. The molecule has 0 aliphatic heterocycles. The van der Waals surface area contributed by atoms with Crippen molar-refractivity contribution < 1.29 is 4.79 Å². The van der Waals surface area contributed by atoms with Crippen molar-refractivity contribution in [1.82, 2.24) is 10.6 Å². The molecule has 0 atom stereocenters. The molecule has 0 aromatic heterocycles. The maximum atomic E-state index is 10.4. The van der Waals surface area contributed by atoms with Crippen LogP contribution in [0, 0.1) is 11.3 Å². The number of nitrogens with one attached hydrogen (secondary N) is 2. The molecule has 0 aliphatic rings. The van der Waals surface area contributed by atoms with E-state index in [9.17, 15) is 4.79 Å². The van der Waals surface area contributed by atoms with Gasteiger partial charge in [-0.2, -0.15) is 5.26 Å². The lowest BCUT2D eigenvalue weighted by molar-refractivity contribution is 0.249. The number of halogens is 1. The summed E-state index contributed by atoms with van der Waals surface area (Å²) >= 11 is 5.99. The summed E-state index contributed by atoms with van der Waals surface area (Å²) in [6.07, 6.45) is 0. The van der Waals surface area contributed by atoms with Gasteiger partial charge in [-0.1, -0.05) is 17.7 Å². The van der Waals surface area contributed by atoms with Gasteiger partial charge in [0.25, 0.3) is 0 Å². The number of rotatable bonds is 5. The Kier molecular flexibility index (Phi) is 5.27. The molecule has 0 heterocycles. The lowest BCUT2D eigenvalue weighted by Gasteiger charge is -2.07. The van der Waals surface area contributed by atoms with Crippen LogP contribution in [0.3, 0.4) is 0 Å². The van der Waals surface area contributed by atoms with Gasteiger partial charge in [0.1, 0.15) is 0 Å². The molecule has 0 bridgehead atoms. The molecule has 4 N–H and O–H groups in total. The van der Waals surface area contributed by atoms with E-state index in [-0.39, 0.29) is 0 Å². The summed E-state index contributed by atoms with van der Waals surface area (Å²) in [4.78, 5) is 10.4. The number of hydrogen-bond acceptors (Lipinski definition) is 3. The van der Waals surface area contributed by atoms with E-state index in [2.05, 4.69) is 10.6 Å². The van der Waals surface area contributed by atoms with Crippen LogP contribution in [-0.4, -0.2) is 19.1 Å². The molecule has 2 amide bonds. The third kappa shape index (κ3) is 4.72. The van der Waals surface area contributed by atoms with Crippen molar-refractivity contribution in [2.75, 3.05) is 13.1 Å². The number of nitrogens with zero attached hydrogens (tertiary/aromatic N) is 1. The average Bonchev–Trinajstić information content (AvgIpc) is 2.30. The molecule has 1 aromatic rings. The van der Waals surface area contributed by atoms with Gasteiger partial charge in [-0.25, -0.2) is 4.79 Å². The van der Waals surface area contributed by atoms with Gasteiger partial charge in [0.05, 0.1) is 11.6 Å². The van der Waals surface area contributed by atoms with Crippen molar-refractivity contribution in [1.29, 1.82) is 5.26 Å². The molecular weight excluding hydrogens is 240 g/mol. The molecule has 0 radical (unpaired) electrons. The highest BCUT2D eigenvalue weighted by atomic mass is 35.5. The zero-order valence-electron chi connectivity index (χ0n) is 9.16. The second-order valence-corrected chi connectivity index (χ2v) is 3.79. The van der Waals surface area contributed by atoms with E-state index >= 15 is 0 Å². The first-order chi connectivity index (χ1) is 8.13. The summed E-state index contributed by atoms with van der Waals surface area (Å²) in [5.74, 6) is 0. The molecule has 0 spiro atoms. The Morgan fingerprint density at radius 2 is 2.24 bits per heavy atom. The minimum atomic E-state index is -0.539. The SMILES string of the molecule is N#Cc1ccc(CNCCNC(N)=O)c(Cl)c1. The van der Waals surface area contributed by atoms with Gasteiger partial charge < -0.3 is 16.4 Å².